The van der Waals surface area contributed by atoms with Gasteiger partial charge in [0.15, 0.2) is 0 Å². The molecule has 270 valence electrons. The van der Waals surface area contributed by atoms with E-state index in [1.54, 1.807) is 48.6 Å². The minimum Gasteiger partial charge on any atom is -1.00 e. The summed E-state index contributed by atoms with van der Waals surface area (Å²) in [7, 11) is 0. The monoisotopic (exact) mass is 832 g/mol. The van der Waals surface area contributed by atoms with Crippen LogP contribution in [0.25, 0.3) is 22.3 Å². The molecule has 4 rings (SSSR count). The van der Waals surface area contributed by atoms with Gasteiger partial charge in [-0.1, -0.05) is 83.2 Å². The minimum absolute atomic E-state index is 0. The van der Waals surface area contributed by atoms with Crippen LogP contribution in [-0.4, -0.2) is 33.7 Å². The van der Waals surface area contributed by atoms with E-state index in [0.717, 1.165) is 62.0 Å². The third-order valence-corrected chi connectivity index (χ3v) is 7.39. The number of aromatic hydroxyl groups is 3. The van der Waals surface area contributed by atoms with Gasteiger partial charge in [0.25, 0.3) is 6.47 Å². The molecule has 0 aliphatic carbocycles. The SMILES string of the molecule is C=CCBr.C=CCOc1ccc(-c2ccc(O)c(CC=C)c2)cc1CC=C.C=CCc1cc(-c2ccc(O)c(CC=C)c2)ccc1O.O=CO[O-].[H-].[K+].[K+]. The molecule has 4 aromatic carbocycles. The van der Waals surface area contributed by atoms with Gasteiger partial charge in [-0.2, -0.15) is 0 Å². The summed E-state index contributed by atoms with van der Waals surface area (Å²) in [6.07, 6.45) is 13.3. The molecule has 4 aromatic rings. The van der Waals surface area contributed by atoms with Crippen LogP contribution in [-0.2, 0) is 35.4 Å². The molecule has 0 amide bonds. The number of halogens is 1. The fourth-order valence-electron chi connectivity index (χ4n) is 4.62. The second-order valence-corrected chi connectivity index (χ2v) is 11.2. The number of phenolic OH excluding ortho intramolecular Hbond substituents is 3. The van der Waals surface area contributed by atoms with Gasteiger partial charge >= 0.3 is 103 Å². The average Bonchev–Trinajstić information content (AvgIpc) is 3.14. The van der Waals surface area contributed by atoms with Crippen molar-refractivity contribution in [2.75, 3.05) is 11.9 Å². The largest absolute Gasteiger partial charge is 1.00 e. The number of ether oxygens (including phenoxy) is 1. The van der Waals surface area contributed by atoms with Crippen LogP contribution >= 0.6 is 15.9 Å². The van der Waals surface area contributed by atoms with E-state index in [4.69, 9.17) is 14.8 Å². The number of benzene rings is 4. The summed E-state index contributed by atoms with van der Waals surface area (Å²) >= 11 is 3.13. The Kier molecular flexibility index (Phi) is 31.9. The molecule has 0 aliphatic rings. The number of hydrogen-bond donors (Lipinski definition) is 3. The van der Waals surface area contributed by atoms with Crippen LogP contribution in [0.15, 0.2) is 149 Å². The molecule has 0 unspecified atom stereocenters. The van der Waals surface area contributed by atoms with Gasteiger partial charge in [-0.05, 0) is 119 Å². The standard InChI is InChI=1S/C21H22O2.C18H18O2.C3H5Br.CH2O3.2K.H/c1-4-7-18-14-16(9-11-20(18)22)17-10-12-21(23-13-6-3)19(15-17)8-5-2;1-3-5-15-11-13(7-9-17(15)19)14-8-10-18(20)16(12-14)6-4-2;1-2-3-4;2-1-4-3;;;/h4-6,9-12,14-15,22H,1-3,7-8,13H2;3-4,7-12,19-20H,1-2,5-6H2;2H,1,3H2;1,3H;;;/q;;;;2*+1;-1/p-1. The Bertz CT molecular complexity index is 1700. The molecule has 0 aliphatic heterocycles. The third kappa shape index (κ3) is 19.7. The van der Waals surface area contributed by atoms with Crippen molar-refractivity contribution >= 4 is 22.4 Å². The summed E-state index contributed by atoms with van der Waals surface area (Å²) in [4.78, 5) is 11.2. The molecule has 0 saturated carbocycles. The van der Waals surface area contributed by atoms with Crippen molar-refractivity contribution in [3.63, 3.8) is 0 Å². The quantitative estimate of drug-likeness (QED) is 0.0420. The van der Waals surface area contributed by atoms with Gasteiger partial charge in [0, 0.05) is 5.33 Å². The molecule has 0 radical (unpaired) electrons. The summed E-state index contributed by atoms with van der Waals surface area (Å²) in [6, 6.07) is 22.7. The first-order chi connectivity index (χ1) is 24.7. The van der Waals surface area contributed by atoms with Gasteiger partial charge in [-0.25, -0.2) is 0 Å². The molecule has 53 heavy (non-hydrogen) atoms. The molecule has 0 spiro atoms. The topological polar surface area (TPSA) is 119 Å². The van der Waals surface area contributed by atoms with Gasteiger partial charge in [-0.3, -0.25) is 4.79 Å². The molecule has 0 heterocycles. The number of rotatable bonds is 15. The van der Waals surface area contributed by atoms with E-state index in [2.05, 4.69) is 66.4 Å². The van der Waals surface area contributed by atoms with E-state index in [1.165, 1.54) is 0 Å². The number of carbonyl (C=O) groups is 1. The van der Waals surface area contributed by atoms with Crippen molar-refractivity contribution in [1.82, 2.24) is 0 Å². The van der Waals surface area contributed by atoms with E-state index in [0.29, 0.717) is 31.6 Å². The van der Waals surface area contributed by atoms with Gasteiger partial charge in [0.1, 0.15) is 29.6 Å². The summed E-state index contributed by atoms with van der Waals surface area (Å²) < 4.78 is 5.69. The van der Waals surface area contributed by atoms with Crippen LogP contribution in [0.4, 0.5) is 0 Å². The summed E-state index contributed by atoms with van der Waals surface area (Å²) in [5.41, 5.74) is 7.78. The van der Waals surface area contributed by atoms with Gasteiger partial charge in [0.05, 0.1) is 0 Å². The number of hydrogen-bond acceptors (Lipinski definition) is 7. The number of carbonyl (C=O) groups excluding carboxylic acids is 1. The van der Waals surface area contributed by atoms with Crippen LogP contribution in [0, 0.1) is 0 Å². The fourth-order valence-corrected chi connectivity index (χ4v) is 4.62. The summed E-state index contributed by atoms with van der Waals surface area (Å²) in [6.45, 7) is 22.3. The molecule has 0 saturated heterocycles. The van der Waals surface area contributed by atoms with E-state index < -0.39 is 0 Å². The van der Waals surface area contributed by atoms with E-state index in [9.17, 15) is 15.3 Å². The molecule has 7 nitrogen and oxygen atoms in total. The zero-order valence-electron chi connectivity index (χ0n) is 31.8. The van der Waals surface area contributed by atoms with Crippen molar-refractivity contribution in [3.05, 3.63) is 171 Å². The molecule has 0 bridgehead atoms. The predicted octanol–water partition coefficient (Wildman–Crippen LogP) is 3.43. The maximum atomic E-state index is 9.90. The normalized spacial score (nSPS) is 9.09. The number of allylic oxidation sites excluding steroid dienone is 5. The molecule has 0 atom stereocenters. The van der Waals surface area contributed by atoms with Crippen LogP contribution in [0.2, 0.25) is 0 Å². The van der Waals surface area contributed by atoms with Gasteiger partial charge < -0.3 is 31.6 Å². The Morgan fingerprint density at radius 1 is 0.566 bits per heavy atom. The molecule has 0 fully saturated rings. The summed E-state index contributed by atoms with van der Waals surface area (Å²) in [5, 5.41) is 38.8. The fraction of sp³-hybridized carbons (Fsp3) is 0.140. The van der Waals surface area contributed by atoms with Crippen molar-refractivity contribution in [2.24, 2.45) is 0 Å². The first kappa shape index (κ1) is 52.8. The molecule has 0 aromatic heterocycles. The zero-order valence-corrected chi connectivity index (χ0v) is 38.6. The maximum Gasteiger partial charge on any atom is 1.00 e. The first-order valence-corrected chi connectivity index (χ1v) is 17.0. The van der Waals surface area contributed by atoms with Crippen molar-refractivity contribution < 1.29 is 139 Å². The third-order valence-electron chi connectivity index (χ3n) is 6.93. The Hall–Kier alpha value is -2.30. The molecular formula is C43H47BrK2O7. The Balaban J connectivity index is -0.000000771. The second kappa shape index (κ2) is 32.0. The van der Waals surface area contributed by atoms with Crippen LogP contribution in [0.1, 0.15) is 23.7 Å². The second-order valence-electron chi connectivity index (χ2n) is 10.6. The van der Waals surface area contributed by atoms with Crippen molar-refractivity contribution in [1.29, 1.82) is 0 Å². The summed E-state index contributed by atoms with van der Waals surface area (Å²) in [5.74, 6) is 1.70. The number of phenols is 3. The Morgan fingerprint density at radius 2 is 0.868 bits per heavy atom. The smallest absolute Gasteiger partial charge is 1.00 e. The molecule has 10 heteroatoms. The molecular weight excluding hydrogens is 787 g/mol. The average molecular weight is 834 g/mol. The number of alkyl halides is 1. The van der Waals surface area contributed by atoms with Crippen LogP contribution in [0.3, 0.4) is 0 Å². The Labute approximate surface area is 409 Å². The minimum atomic E-state index is -0.181. The van der Waals surface area contributed by atoms with Crippen molar-refractivity contribution in [3.8, 4) is 45.3 Å². The zero-order chi connectivity index (χ0) is 38.0. The van der Waals surface area contributed by atoms with E-state index >= 15 is 0 Å². The Morgan fingerprint density at radius 3 is 1.15 bits per heavy atom. The van der Waals surface area contributed by atoms with Gasteiger partial charge in [-0.15, -0.1) is 32.9 Å². The van der Waals surface area contributed by atoms with E-state index in [-0.39, 0.29) is 122 Å². The van der Waals surface area contributed by atoms with E-state index in [1.807, 2.05) is 54.6 Å². The van der Waals surface area contributed by atoms with Crippen LogP contribution in [0.5, 0.6) is 23.0 Å². The predicted molar refractivity (Wildman–Crippen MR) is 212 cm³/mol. The first-order valence-electron chi connectivity index (χ1n) is 15.8. The van der Waals surface area contributed by atoms with Crippen molar-refractivity contribution in [2.45, 2.75) is 25.7 Å². The maximum absolute atomic E-state index is 9.90. The van der Waals surface area contributed by atoms with Gasteiger partial charge in [0.2, 0.25) is 0 Å². The van der Waals surface area contributed by atoms with Crippen LogP contribution < -0.4 is 113 Å². The molecule has 3 N–H and O–H groups in total.